The summed E-state index contributed by atoms with van der Waals surface area (Å²) in [5.41, 5.74) is 1.44. The summed E-state index contributed by atoms with van der Waals surface area (Å²) in [6.07, 6.45) is 2.62. The largest absolute Gasteiger partial charge is 0.316 e. The van der Waals surface area contributed by atoms with E-state index in [0.717, 1.165) is 18.2 Å². The number of rotatable bonds is 9. The Balaban J connectivity index is 1.88. The zero-order valence-electron chi connectivity index (χ0n) is 11.1. The summed E-state index contributed by atoms with van der Waals surface area (Å²) in [4.78, 5) is 0. The van der Waals surface area contributed by atoms with Crippen molar-refractivity contribution in [3.8, 4) is 0 Å². The number of unbranched alkanes of at least 4 members (excludes halogenated alkanes) is 1. The molecule has 0 aliphatic carbocycles. The molecule has 0 bridgehead atoms. The summed E-state index contributed by atoms with van der Waals surface area (Å²) in [5, 5.41) is 3.48. The van der Waals surface area contributed by atoms with Gasteiger partial charge in [0.05, 0.1) is 0 Å². The van der Waals surface area contributed by atoms with Crippen molar-refractivity contribution >= 4 is 11.8 Å². The van der Waals surface area contributed by atoms with Gasteiger partial charge in [0, 0.05) is 5.75 Å². The van der Waals surface area contributed by atoms with Crippen LogP contribution in [0.15, 0.2) is 30.3 Å². The fourth-order valence-electron chi connectivity index (χ4n) is 1.61. The van der Waals surface area contributed by atoms with Crippen molar-refractivity contribution in [3.05, 3.63) is 35.9 Å². The summed E-state index contributed by atoms with van der Waals surface area (Å²) < 4.78 is 0. The van der Waals surface area contributed by atoms with Gasteiger partial charge in [0.25, 0.3) is 0 Å². The second kappa shape index (κ2) is 9.55. The van der Waals surface area contributed by atoms with E-state index in [2.05, 4.69) is 49.5 Å². The Labute approximate surface area is 110 Å². The predicted octanol–water partition coefficient (Wildman–Crippen LogP) is 3.95. The molecule has 0 amide bonds. The summed E-state index contributed by atoms with van der Waals surface area (Å²) in [5.74, 6) is 3.20. The highest BCUT2D eigenvalue weighted by molar-refractivity contribution is 7.98. The maximum Gasteiger partial charge on any atom is 0.0184 e. The number of hydrogen-bond acceptors (Lipinski definition) is 2. The Morgan fingerprint density at radius 1 is 1.12 bits per heavy atom. The van der Waals surface area contributed by atoms with Crippen LogP contribution in [0.1, 0.15) is 32.3 Å². The molecule has 0 aliphatic heterocycles. The van der Waals surface area contributed by atoms with E-state index in [9.17, 15) is 0 Å². The van der Waals surface area contributed by atoms with Crippen molar-refractivity contribution in [3.63, 3.8) is 0 Å². The van der Waals surface area contributed by atoms with Crippen LogP contribution in [-0.2, 0) is 5.75 Å². The van der Waals surface area contributed by atoms with Crippen LogP contribution in [0.3, 0.4) is 0 Å². The van der Waals surface area contributed by atoms with E-state index in [0.29, 0.717) is 0 Å². The van der Waals surface area contributed by atoms with E-state index in [1.807, 2.05) is 11.8 Å². The highest BCUT2D eigenvalue weighted by Gasteiger charge is 1.94. The number of nitrogens with one attached hydrogen (secondary N) is 1. The maximum atomic E-state index is 3.48. The number of hydrogen-bond donors (Lipinski definition) is 1. The second-order valence-electron chi connectivity index (χ2n) is 4.84. The molecule has 0 heterocycles. The van der Waals surface area contributed by atoms with Gasteiger partial charge in [-0.25, -0.2) is 0 Å². The van der Waals surface area contributed by atoms with Crippen molar-refractivity contribution in [2.24, 2.45) is 5.92 Å². The minimum atomic E-state index is 0.766. The van der Waals surface area contributed by atoms with E-state index >= 15 is 0 Å². The van der Waals surface area contributed by atoms with Crippen LogP contribution >= 0.6 is 11.8 Å². The molecule has 1 rings (SSSR count). The maximum absolute atomic E-state index is 3.48. The molecule has 17 heavy (non-hydrogen) atoms. The van der Waals surface area contributed by atoms with Gasteiger partial charge in [0.15, 0.2) is 0 Å². The minimum absolute atomic E-state index is 0.766. The van der Waals surface area contributed by atoms with Crippen LogP contribution in [0.2, 0.25) is 0 Å². The summed E-state index contributed by atoms with van der Waals surface area (Å²) >= 11 is 2.04. The van der Waals surface area contributed by atoms with Gasteiger partial charge in [-0.2, -0.15) is 11.8 Å². The molecule has 0 saturated heterocycles. The van der Waals surface area contributed by atoms with Gasteiger partial charge in [0.2, 0.25) is 0 Å². The Bertz CT molecular complexity index is 272. The third-order valence-corrected chi connectivity index (χ3v) is 3.67. The quantitative estimate of drug-likeness (QED) is 0.667. The van der Waals surface area contributed by atoms with E-state index in [1.165, 1.54) is 30.7 Å². The normalized spacial score (nSPS) is 11.0. The van der Waals surface area contributed by atoms with E-state index in [4.69, 9.17) is 0 Å². The highest BCUT2D eigenvalue weighted by Crippen LogP contribution is 2.13. The standard InChI is InChI=1S/C15H25NS/c1-14(2)12-16-10-6-7-11-17-13-15-8-4-3-5-9-15/h3-5,8-9,14,16H,6-7,10-13H2,1-2H3. The Hall–Kier alpha value is -0.470. The molecule has 1 aromatic carbocycles. The molecule has 0 aromatic heterocycles. The van der Waals surface area contributed by atoms with E-state index in [1.54, 1.807) is 0 Å². The van der Waals surface area contributed by atoms with Crippen LogP contribution in [0.25, 0.3) is 0 Å². The summed E-state index contributed by atoms with van der Waals surface area (Å²) in [6.45, 7) is 6.83. The van der Waals surface area contributed by atoms with Crippen molar-refractivity contribution in [2.75, 3.05) is 18.8 Å². The monoisotopic (exact) mass is 251 g/mol. The zero-order chi connectivity index (χ0) is 12.3. The molecule has 0 unspecified atom stereocenters. The van der Waals surface area contributed by atoms with Gasteiger partial charge in [0.1, 0.15) is 0 Å². The van der Waals surface area contributed by atoms with Gasteiger partial charge >= 0.3 is 0 Å². The van der Waals surface area contributed by atoms with Crippen LogP contribution in [-0.4, -0.2) is 18.8 Å². The first kappa shape index (κ1) is 14.6. The molecule has 0 radical (unpaired) electrons. The Morgan fingerprint density at radius 2 is 1.88 bits per heavy atom. The molecular weight excluding hydrogens is 226 g/mol. The average Bonchev–Trinajstić information content (AvgIpc) is 2.33. The van der Waals surface area contributed by atoms with Gasteiger partial charge < -0.3 is 5.32 Å². The molecule has 0 atom stereocenters. The minimum Gasteiger partial charge on any atom is -0.316 e. The molecule has 1 N–H and O–H groups in total. The van der Waals surface area contributed by atoms with Crippen molar-refractivity contribution in [1.29, 1.82) is 0 Å². The molecule has 0 saturated carbocycles. The second-order valence-corrected chi connectivity index (χ2v) is 5.95. The molecular formula is C15H25NS. The average molecular weight is 251 g/mol. The third kappa shape index (κ3) is 8.28. The van der Waals surface area contributed by atoms with Gasteiger partial charge in [-0.05, 0) is 43.2 Å². The van der Waals surface area contributed by atoms with E-state index < -0.39 is 0 Å². The number of benzene rings is 1. The van der Waals surface area contributed by atoms with Crippen molar-refractivity contribution in [2.45, 2.75) is 32.4 Å². The van der Waals surface area contributed by atoms with E-state index in [-0.39, 0.29) is 0 Å². The van der Waals surface area contributed by atoms with Crippen molar-refractivity contribution < 1.29 is 0 Å². The van der Waals surface area contributed by atoms with Gasteiger partial charge in [-0.3, -0.25) is 0 Å². The first-order valence-electron chi connectivity index (χ1n) is 6.61. The lowest BCUT2D eigenvalue weighted by Gasteiger charge is -2.07. The smallest absolute Gasteiger partial charge is 0.0184 e. The predicted molar refractivity (Wildman–Crippen MR) is 79.5 cm³/mol. The lowest BCUT2D eigenvalue weighted by Crippen LogP contribution is -2.20. The molecule has 0 fully saturated rings. The molecule has 1 nitrogen and oxygen atoms in total. The Morgan fingerprint density at radius 3 is 2.59 bits per heavy atom. The Kier molecular flexibility index (Phi) is 8.20. The first-order chi connectivity index (χ1) is 8.29. The first-order valence-corrected chi connectivity index (χ1v) is 7.77. The van der Waals surface area contributed by atoms with Gasteiger partial charge in [-0.1, -0.05) is 44.2 Å². The van der Waals surface area contributed by atoms with Crippen LogP contribution in [0.4, 0.5) is 0 Å². The highest BCUT2D eigenvalue weighted by atomic mass is 32.2. The fourth-order valence-corrected chi connectivity index (χ4v) is 2.59. The SMILES string of the molecule is CC(C)CNCCCCSCc1ccccc1. The van der Waals surface area contributed by atoms with Crippen LogP contribution in [0.5, 0.6) is 0 Å². The zero-order valence-corrected chi connectivity index (χ0v) is 11.9. The lowest BCUT2D eigenvalue weighted by atomic mass is 10.2. The summed E-state index contributed by atoms with van der Waals surface area (Å²) in [6, 6.07) is 10.7. The van der Waals surface area contributed by atoms with Crippen LogP contribution in [0, 0.1) is 5.92 Å². The van der Waals surface area contributed by atoms with Crippen molar-refractivity contribution in [1.82, 2.24) is 5.32 Å². The number of thioether (sulfide) groups is 1. The summed E-state index contributed by atoms with van der Waals surface area (Å²) in [7, 11) is 0. The molecule has 1 aromatic rings. The molecule has 96 valence electrons. The molecule has 0 spiro atoms. The molecule has 2 heteroatoms. The lowest BCUT2D eigenvalue weighted by molar-refractivity contribution is 0.541. The fraction of sp³-hybridized carbons (Fsp3) is 0.600. The molecule has 0 aliphatic rings. The van der Waals surface area contributed by atoms with Gasteiger partial charge in [-0.15, -0.1) is 0 Å². The van der Waals surface area contributed by atoms with Crippen LogP contribution < -0.4 is 5.32 Å². The topological polar surface area (TPSA) is 12.0 Å². The third-order valence-electron chi connectivity index (χ3n) is 2.56.